The predicted molar refractivity (Wildman–Crippen MR) is 85.6 cm³/mol. The van der Waals surface area contributed by atoms with Crippen molar-refractivity contribution in [1.82, 2.24) is 4.72 Å². The number of aryl methyl sites for hydroxylation is 1. The number of hydrogen-bond acceptors (Lipinski definition) is 4. The number of nitrogen functional groups attached to an aromatic ring is 1. The molecule has 0 fully saturated rings. The Hall–Kier alpha value is -2.05. The largest absolute Gasteiger partial charge is 0.397 e. The molecule has 0 aliphatic rings. The van der Waals surface area contributed by atoms with Crippen molar-refractivity contribution in [3.05, 3.63) is 53.6 Å². The molecular weight excluding hydrogens is 286 g/mol. The summed E-state index contributed by atoms with van der Waals surface area (Å²) in [7, 11) is -2.10. The van der Waals surface area contributed by atoms with Crippen molar-refractivity contribution in [2.24, 2.45) is 0 Å². The maximum Gasteiger partial charge on any atom is 0.240 e. The van der Waals surface area contributed by atoms with E-state index in [0.29, 0.717) is 17.9 Å². The summed E-state index contributed by atoms with van der Waals surface area (Å²) in [6, 6.07) is 12.7. The van der Waals surface area contributed by atoms with Gasteiger partial charge in [0.15, 0.2) is 0 Å². The van der Waals surface area contributed by atoms with E-state index < -0.39 is 10.0 Å². The molecule has 0 aliphatic heterocycles. The highest BCUT2D eigenvalue weighted by Crippen LogP contribution is 2.23. The maximum absolute atomic E-state index is 11.7. The Bertz CT molecular complexity index is 742. The van der Waals surface area contributed by atoms with Gasteiger partial charge in [-0.2, -0.15) is 0 Å². The van der Waals surface area contributed by atoms with E-state index in [9.17, 15) is 8.42 Å². The highest BCUT2D eigenvalue weighted by Gasteiger charge is 2.12. The molecule has 0 unspecified atom stereocenters. The maximum atomic E-state index is 11.7. The van der Waals surface area contributed by atoms with Crippen LogP contribution >= 0.6 is 0 Å². The summed E-state index contributed by atoms with van der Waals surface area (Å²) >= 11 is 0. The summed E-state index contributed by atoms with van der Waals surface area (Å²) in [5.41, 5.74) is 9.40. The Kier molecular flexibility index (Phi) is 4.50. The zero-order valence-electron chi connectivity index (χ0n) is 12.1. The quantitative estimate of drug-likeness (QED) is 0.739. The summed E-state index contributed by atoms with van der Waals surface area (Å²) in [4.78, 5) is 0.156. The summed E-state index contributed by atoms with van der Waals surface area (Å²) in [6.07, 6.45) is 0. The summed E-state index contributed by atoms with van der Waals surface area (Å²) in [6.45, 7) is 2.68. The topological polar surface area (TPSA) is 84.2 Å². The third-order valence-corrected chi connectivity index (χ3v) is 4.74. The lowest BCUT2D eigenvalue weighted by Gasteiger charge is -2.12. The molecule has 6 heteroatoms. The average molecular weight is 305 g/mol. The van der Waals surface area contributed by atoms with E-state index in [1.165, 1.54) is 30.3 Å². The van der Waals surface area contributed by atoms with Crippen LogP contribution in [0.4, 0.5) is 11.4 Å². The monoisotopic (exact) mass is 305 g/mol. The van der Waals surface area contributed by atoms with Gasteiger partial charge in [0.05, 0.1) is 16.3 Å². The third-order valence-electron chi connectivity index (χ3n) is 3.33. The molecule has 0 aromatic heterocycles. The minimum Gasteiger partial charge on any atom is -0.397 e. The van der Waals surface area contributed by atoms with E-state index in [1.807, 2.05) is 31.2 Å². The van der Waals surface area contributed by atoms with Gasteiger partial charge in [-0.05, 0) is 43.3 Å². The molecule has 0 saturated heterocycles. The van der Waals surface area contributed by atoms with Crippen molar-refractivity contribution < 1.29 is 8.42 Å². The van der Waals surface area contributed by atoms with Gasteiger partial charge in [-0.25, -0.2) is 13.1 Å². The molecule has 2 aromatic rings. The van der Waals surface area contributed by atoms with E-state index in [4.69, 9.17) is 5.73 Å². The van der Waals surface area contributed by atoms with Crippen LogP contribution in [0.2, 0.25) is 0 Å². The van der Waals surface area contributed by atoms with E-state index in [0.717, 1.165) is 0 Å². The molecular formula is C15H19N3O2S. The summed E-state index contributed by atoms with van der Waals surface area (Å²) in [5, 5.41) is 3.23. The van der Waals surface area contributed by atoms with Crippen LogP contribution in [0.25, 0.3) is 0 Å². The van der Waals surface area contributed by atoms with Crippen molar-refractivity contribution >= 4 is 21.4 Å². The Morgan fingerprint density at radius 3 is 2.48 bits per heavy atom. The van der Waals surface area contributed by atoms with Gasteiger partial charge in [0.1, 0.15) is 0 Å². The first-order valence-electron chi connectivity index (χ1n) is 6.55. The number of anilines is 2. The molecule has 2 rings (SSSR count). The highest BCUT2D eigenvalue weighted by atomic mass is 32.2. The van der Waals surface area contributed by atoms with Gasteiger partial charge in [0, 0.05) is 6.54 Å². The number of hydrogen-bond donors (Lipinski definition) is 3. The smallest absolute Gasteiger partial charge is 0.240 e. The van der Waals surface area contributed by atoms with E-state index >= 15 is 0 Å². The van der Waals surface area contributed by atoms with E-state index in [2.05, 4.69) is 10.0 Å². The minimum atomic E-state index is -3.47. The molecule has 0 spiro atoms. The fraction of sp³-hybridized carbons (Fsp3) is 0.200. The number of nitrogens with one attached hydrogen (secondary N) is 2. The lowest BCUT2D eigenvalue weighted by Crippen LogP contribution is -2.18. The lowest BCUT2D eigenvalue weighted by molar-refractivity contribution is 0.588. The first-order valence-corrected chi connectivity index (χ1v) is 8.04. The van der Waals surface area contributed by atoms with Gasteiger partial charge in [0.25, 0.3) is 0 Å². The molecule has 2 aromatic carbocycles. The van der Waals surface area contributed by atoms with Crippen LogP contribution in [0.1, 0.15) is 11.1 Å². The van der Waals surface area contributed by atoms with Crippen LogP contribution in [-0.4, -0.2) is 15.5 Å². The van der Waals surface area contributed by atoms with Crippen LogP contribution in [0.5, 0.6) is 0 Å². The molecule has 0 radical (unpaired) electrons. The molecule has 0 heterocycles. The van der Waals surface area contributed by atoms with Crippen molar-refractivity contribution in [3.8, 4) is 0 Å². The second-order valence-corrected chi connectivity index (χ2v) is 6.62. The van der Waals surface area contributed by atoms with Crippen LogP contribution in [0.3, 0.4) is 0 Å². The molecule has 5 nitrogen and oxygen atoms in total. The number of rotatable bonds is 5. The Balaban J connectivity index is 2.17. The zero-order valence-corrected chi connectivity index (χ0v) is 12.9. The molecule has 0 amide bonds. The van der Waals surface area contributed by atoms with Gasteiger partial charge < -0.3 is 11.1 Å². The lowest BCUT2D eigenvalue weighted by atomic mass is 10.1. The molecule has 0 aliphatic carbocycles. The summed E-state index contributed by atoms with van der Waals surface area (Å²) in [5.74, 6) is 0. The fourth-order valence-corrected chi connectivity index (χ4v) is 2.75. The number of benzene rings is 2. The van der Waals surface area contributed by atoms with E-state index in [-0.39, 0.29) is 4.90 Å². The normalized spacial score (nSPS) is 11.3. The standard InChI is InChI=1S/C15H19N3O2S/c1-11-5-3-4-6-12(11)10-18-15-8-7-13(9-14(15)16)21(19,20)17-2/h3-9,17-18H,10,16H2,1-2H3. The van der Waals surface area contributed by atoms with Gasteiger partial charge in [-0.15, -0.1) is 0 Å². The fourth-order valence-electron chi connectivity index (χ4n) is 1.99. The van der Waals surface area contributed by atoms with E-state index in [1.54, 1.807) is 6.07 Å². The molecule has 112 valence electrons. The molecule has 0 saturated carbocycles. The second kappa shape index (κ2) is 6.15. The molecule has 21 heavy (non-hydrogen) atoms. The predicted octanol–water partition coefficient (Wildman–Crippen LogP) is 2.10. The van der Waals surface area contributed by atoms with Gasteiger partial charge in [-0.1, -0.05) is 24.3 Å². The van der Waals surface area contributed by atoms with Crippen molar-refractivity contribution in [1.29, 1.82) is 0 Å². The highest BCUT2D eigenvalue weighted by molar-refractivity contribution is 7.89. The number of nitrogens with two attached hydrogens (primary N) is 1. The number of sulfonamides is 1. The molecule has 0 bridgehead atoms. The third kappa shape index (κ3) is 3.53. The second-order valence-electron chi connectivity index (χ2n) is 4.74. The Labute approximate surface area is 125 Å². The van der Waals surface area contributed by atoms with Gasteiger partial charge in [0.2, 0.25) is 10.0 Å². The van der Waals surface area contributed by atoms with Crippen molar-refractivity contribution in [2.45, 2.75) is 18.4 Å². The van der Waals surface area contributed by atoms with Crippen molar-refractivity contribution in [3.63, 3.8) is 0 Å². The zero-order chi connectivity index (χ0) is 15.5. The SMILES string of the molecule is CNS(=O)(=O)c1ccc(NCc2ccccc2C)c(N)c1. The van der Waals surface area contributed by atoms with Crippen LogP contribution in [0, 0.1) is 6.92 Å². The Morgan fingerprint density at radius 1 is 1.14 bits per heavy atom. The van der Waals surface area contributed by atoms with Gasteiger partial charge in [-0.3, -0.25) is 0 Å². The molecule has 4 N–H and O–H groups in total. The Morgan fingerprint density at radius 2 is 1.86 bits per heavy atom. The van der Waals surface area contributed by atoms with Crippen LogP contribution in [-0.2, 0) is 16.6 Å². The van der Waals surface area contributed by atoms with Crippen molar-refractivity contribution in [2.75, 3.05) is 18.1 Å². The first kappa shape index (κ1) is 15.3. The van der Waals surface area contributed by atoms with Gasteiger partial charge >= 0.3 is 0 Å². The average Bonchev–Trinajstić information content (AvgIpc) is 2.47. The van der Waals surface area contributed by atoms with Crippen LogP contribution in [0.15, 0.2) is 47.4 Å². The molecule has 0 atom stereocenters. The minimum absolute atomic E-state index is 0.156. The summed E-state index contributed by atoms with van der Waals surface area (Å²) < 4.78 is 25.7. The first-order chi connectivity index (χ1) is 9.94. The van der Waals surface area contributed by atoms with Crippen LogP contribution < -0.4 is 15.8 Å².